The van der Waals surface area contributed by atoms with E-state index in [4.69, 9.17) is 127 Å². The molecule has 6 N–H and O–H groups in total. The average molecular weight is 1790 g/mol. The molecule has 113 heavy (non-hydrogen) atoms. The van der Waals surface area contributed by atoms with Gasteiger partial charge in [0.15, 0.2) is 17.3 Å². The number of hydrogen-bond donors (Lipinski definition) is 5. The quantitative estimate of drug-likeness (QED) is 0.0431. The lowest BCUT2D eigenvalue weighted by molar-refractivity contribution is 0.0683. The van der Waals surface area contributed by atoms with Crippen LogP contribution in [0.2, 0.25) is 15.1 Å². The molecule has 7 aromatic carbocycles. The Kier molecular flexibility index (Phi) is 40.0. The molecule has 0 aliphatic carbocycles. The van der Waals surface area contributed by atoms with Gasteiger partial charge in [-0.05, 0) is 127 Å². The van der Waals surface area contributed by atoms with Crippen LogP contribution in [0.4, 0.5) is 28.2 Å². The van der Waals surface area contributed by atoms with Crippen LogP contribution in [0.15, 0.2) is 193 Å². The molecule has 36 heteroatoms. The number of ketones is 2. The van der Waals surface area contributed by atoms with Crippen molar-refractivity contribution >= 4 is 250 Å². The van der Waals surface area contributed by atoms with Crippen molar-refractivity contribution in [3.63, 3.8) is 0 Å². The van der Waals surface area contributed by atoms with Gasteiger partial charge in [-0.2, -0.15) is 0 Å². The molecule has 2 amide bonds. The van der Waals surface area contributed by atoms with E-state index < -0.39 is 46.4 Å². The van der Waals surface area contributed by atoms with Crippen LogP contribution in [0.1, 0.15) is 109 Å². The van der Waals surface area contributed by atoms with Gasteiger partial charge in [0, 0.05) is 32.8 Å². The van der Waals surface area contributed by atoms with E-state index in [1.165, 1.54) is 103 Å². The first kappa shape index (κ1) is 95.8. The third-order valence-electron chi connectivity index (χ3n) is 14.1. The number of nitrogens with one attached hydrogen (secondary N) is 2. The summed E-state index contributed by atoms with van der Waals surface area (Å²) in [6, 6.07) is 41.5. The first-order valence-electron chi connectivity index (χ1n) is 30.7. The lowest BCUT2D eigenvalue weighted by atomic mass is 10.0. The van der Waals surface area contributed by atoms with E-state index >= 15 is 0 Å². The number of Topliss-reactive ketones (excluding diaryl/α,β-unsaturated/α-hetero) is 2. The molecule has 0 radical (unpaired) electrons. The number of anilines is 3. The summed E-state index contributed by atoms with van der Waals surface area (Å²) < 4.78 is 41.0. The summed E-state index contributed by atoms with van der Waals surface area (Å²) in [6.07, 6.45) is 5.33. The summed E-state index contributed by atoms with van der Waals surface area (Å²) >= 11 is 54.4. The molecule has 0 fully saturated rings. The standard InChI is InChI=1S/C21H13ClFN3O2S.C20H11ClFN3O3S.C12H9ClFNOS.C9H5ClN2O.C9H6N2O2.3CH2Cl2.3CH4/c1-11(27)19-13(12-6-7-14(22)15(23)8-12)10-29-21(19)26-20(28)18-9-24-16-4-2-3-5-17(16)25-18;21-12-6-5-10(7-13(12)22)11-9-29-19(17(11)20(27)28)25-18(26)16-8-23-14-3-1-2-4-15(14)24-16;1-6(16)11-8(5-17-12(11)15)7-2-3-9(13)10(14)4-7;10-9(13)8-5-11-6-3-1-2-4-7(6)12-8;12-9(13)8-5-10-6-3-1-2-4-7(6)11-8;3*2-1-3;;;/h2-10H,1H3,(H,26,28);1-9H,(H,25,26)(H,27,28);2-5H,15H2,1H3;1-5H;1-5H,(H,12,13);3*1H2;3*1H4. The van der Waals surface area contributed by atoms with Gasteiger partial charge in [-0.1, -0.05) is 124 Å². The minimum absolute atomic E-state index is 0. The minimum atomic E-state index is -1.25. The number of hydrogen-bond acceptors (Lipinski definition) is 19. The van der Waals surface area contributed by atoms with Gasteiger partial charge in [-0.15, -0.1) is 104 Å². The molecule has 0 aliphatic rings. The molecule has 0 unspecified atom stereocenters. The fraction of sp³-hybridized carbons (Fsp3) is 0.104. The number of halogens is 13. The number of nitrogens with zero attached hydrogens (tertiary/aromatic N) is 8. The number of nitrogens with two attached hydrogens (primary N) is 1. The van der Waals surface area contributed by atoms with Gasteiger partial charge in [0.25, 0.3) is 17.1 Å². The minimum Gasteiger partial charge on any atom is -0.478 e. The fourth-order valence-corrected chi connectivity index (χ4v) is 12.7. The molecule has 588 valence electrons. The maximum Gasteiger partial charge on any atom is 0.356 e. The number of para-hydroxylation sites is 8. The lowest BCUT2D eigenvalue weighted by Crippen LogP contribution is -2.15. The first-order valence-corrected chi connectivity index (χ1v) is 38.0. The molecule has 0 saturated carbocycles. The zero-order valence-corrected chi connectivity index (χ0v) is 66.2. The van der Waals surface area contributed by atoms with Crippen molar-refractivity contribution in [2.24, 2.45) is 0 Å². The van der Waals surface area contributed by atoms with Crippen LogP contribution < -0.4 is 16.4 Å². The van der Waals surface area contributed by atoms with Crippen LogP contribution in [0, 0.1) is 17.5 Å². The van der Waals surface area contributed by atoms with Crippen LogP contribution in [-0.4, -0.2) is 107 Å². The van der Waals surface area contributed by atoms with E-state index in [9.17, 15) is 51.8 Å². The summed E-state index contributed by atoms with van der Waals surface area (Å²) in [7, 11) is 0. The SMILES string of the molecule is C.C.C.CC(=O)c1c(-c2ccc(Cl)c(F)c2)csc1N.CC(=O)c1c(-c2ccc(Cl)c(F)c2)csc1NC(=O)c1cnc2ccccc2n1.ClCCl.ClCCl.ClCCl.O=C(Cl)c1cnc2ccccc2n1.O=C(Nc1scc(-c2ccc(Cl)c(F)c2)c1C(=O)O)c1cnc2ccccc2n1.O=C(O)c1cnc2ccccc2n1. The number of carbonyl (C=O) groups excluding carboxylic acids is 5. The summed E-state index contributed by atoms with van der Waals surface area (Å²) in [4.78, 5) is 115. The van der Waals surface area contributed by atoms with Gasteiger partial charge >= 0.3 is 11.9 Å². The van der Waals surface area contributed by atoms with Crippen LogP contribution >= 0.6 is 150 Å². The van der Waals surface area contributed by atoms with E-state index in [-0.39, 0.29) is 104 Å². The Labute approximate surface area is 707 Å². The lowest BCUT2D eigenvalue weighted by Gasteiger charge is -2.07. The average Bonchev–Trinajstić information content (AvgIpc) is 1.66. The van der Waals surface area contributed by atoms with E-state index in [0.29, 0.717) is 87.6 Å². The second kappa shape index (κ2) is 47.2. The van der Waals surface area contributed by atoms with Crippen LogP contribution in [-0.2, 0) is 0 Å². The number of aromatic carboxylic acids is 2. The van der Waals surface area contributed by atoms with Gasteiger partial charge in [-0.3, -0.25) is 43.9 Å². The maximum atomic E-state index is 13.9. The number of benzene rings is 7. The van der Waals surface area contributed by atoms with Crippen molar-refractivity contribution in [2.75, 3.05) is 32.4 Å². The predicted octanol–water partition coefficient (Wildman–Crippen LogP) is 24.2. The second-order valence-corrected chi connectivity index (χ2v) is 27.8. The monoisotopic (exact) mass is 1790 g/mol. The van der Waals surface area contributed by atoms with Crippen LogP contribution in [0.5, 0.6) is 0 Å². The number of alkyl halides is 6. The summed E-state index contributed by atoms with van der Waals surface area (Å²) in [5.74, 6) is -5.53. The van der Waals surface area contributed by atoms with E-state index in [0.717, 1.165) is 22.9 Å². The number of carboxylic acid groups (broad SMARTS) is 2. The third kappa shape index (κ3) is 26.7. The molecule has 7 heterocycles. The molecule has 7 aromatic heterocycles. The van der Waals surface area contributed by atoms with Gasteiger partial charge in [0.05, 0.1) is 116 Å². The van der Waals surface area contributed by atoms with Gasteiger partial charge in [0.2, 0.25) is 0 Å². The first-order chi connectivity index (χ1) is 52.7. The zero-order chi connectivity index (χ0) is 80.3. The van der Waals surface area contributed by atoms with Crippen molar-refractivity contribution in [2.45, 2.75) is 36.1 Å². The Morgan fingerprint density at radius 3 is 0.982 bits per heavy atom. The Balaban J connectivity index is 0.000000298. The molecule has 20 nitrogen and oxygen atoms in total. The van der Waals surface area contributed by atoms with Crippen LogP contribution in [0.25, 0.3) is 77.5 Å². The number of nitrogen functional groups attached to an aromatic ring is 1. The molecule has 0 atom stereocenters. The topological polar surface area (TPSA) is 313 Å². The Morgan fingerprint density at radius 2 is 0.673 bits per heavy atom. The number of thiophene rings is 3. The van der Waals surface area contributed by atoms with Crippen molar-refractivity contribution < 1.29 is 56.9 Å². The molecular formula is C77H62Cl10F3N11O9S3. The van der Waals surface area contributed by atoms with Gasteiger partial charge in [-0.25, -0.2) is 42.7 Å². The normalized spacial score (nSPS) is 9.97. The highest BCUT2D eigenvalue weighted by atomic mass is 35.5. The number of carboxylic acids is 2. The molecule has 14 aromatic rings. The summed E-state index contributed by atoms with van der Waals surface area (Å²) in [6.45, 7) is 2.83. The highest BCUT2D eigenvalue weighted by Crippen LogP contribution is 2.40. The number of rotatable bonds is 12. The molecular weight excluding hydrogens is 1730 g/mol. The predicted molar refractivity (Wildman–Crippen MR) is 457 cm³/mol. The van der Waals surface area contributed by atoms with Crippen molar-refractivity contribution in [3.05, 3.63) is 265 Å². The molecule has 0 spiro atoms. The smallest absolute Gasteiger partial charge is 0.356 e. The Morgan fingerprint density at radius 1 is 0.398 bits per heavy atom. The number of fused-ring (bicyclic) bond motifs is 4. The molecule has 0 aliphatic heterocycles. The summed E-state index contributed by atoms with van der Waals surface area (Å²) in [5, 5.41) is 29.5. The molecule has 0 saturated heterocycles. The largest absolute Gasteiger partial charge is 0.478 e. The Hall–Kier alpha value is -9.62. The maximum absolute atomic E-state index is 13.9. The highest BCUT2D eigenvalue weighted by molar-refractivity contribution is 7.16. The van der Waals surface area contributed by atoms with E-state index in [2.05, 4.69) is 50.5 Å². The zero-order valence-electron chi connectivity index (χ0n) is 56.1. The van der Waals surface area contributed by atoms with Crippen molar-refractivity contribution in [1.82, 2.24) is 39.9 Å². The van der Waals surface area contributed by atoms with E-state index in [1.54, 1.807) is 77.5 Å². The second-order valence-electron chi connectivity index (χ2n) is 21.2. The highest BCUT2D eigenvalue weighted by Gasteiger charge is 2.25. The van der Waals surface area contributed by atoms with Crippen LogP contribution in [0.3, 0.4) is 0 Å². The molecule has 14 rings (SSSR count). The fourth-order valence-electron chi connectivity index (χ4n) is 9.41. The van der Waals surface area contributed by atoms with Crippen molar-refractivity contribution in [3.8, 4) is 33.4 Å². The number of aromatic nitrogens is 8. The number of carbonyl (C=O) groups is 7. The van der Waals surface area contributed by atoms with Crippen molar-refractivity contribution in [1.29, 1.82) is 0 Å². The molecule has 0 bridgehead atoms. The van der Waals surface area contributed by atoms with Gasteiger partial charge in [0.1, 0.15) is 50.1 Å². The van der Waals surface area contributed by atoms with Gasteiger partial charge < -0.3 is 26.6 Å². The third-order valence-corrected chi connectivity index (χ3v) is 17.9. The van der Waals surface area contributed by atoms with E-state index in [1.807, 2.05) is 42.5 Å². The Bertz CT molecular complexity index is 5390. The number of amides is 2. The summed E-state index contributed by atoms with van der Waals surface area (Å²) in [5.41, 5.74) is 14.7.